The van der Waals surface area contributed by atoms with E-state index in [4.69, 9.17) is 16.3 Å². The van der Waals surface area contributed by atoms with Crippen molar-refractivity contribution in [1.82, 2.24) is 4.98 Å². The summed E-state index contributed by atoms with van der Waals surface area (Å²) >= 11 is 7.45. The van der Waals surface area contributed by atoms with Crippen LogP contribution in [0.1, 0.15) is 17.7 Å². The van der Waals surface area contributed by atoms with Crippen molar-refractivity contribution >= 4 is 28.8 Å². The highest BCUT2D eigenvalue weighted by Crippen LogP contribution is 2.25. The van der Waals surface area contributed by atoms with Crippen molar-refractivity contribution < 1.29 is 9.13 Å². The van der Waals surface area contributed by atoms with Gasteiger partial charge < -0.3 is 9.64 Å². The summed E-state index contributed by atoms with van der Waals surface area (Å²) < 4.78 is 19.9. The minimum absolute atomic E-state index is 0.141. The predicted molar refractivity (Wildman–Crippen MR) is 83.5 cm³/mol. The summed E-state index contributed by atoms with van der Waals surface area (Å²) in [5, 5.41) is 2.33. The lowest BCUT2D eigenvalue weighted by atomic mass is 10.2. The van der Waals surface area contributed by atoms with Gasteiger partial charge in [0, 0.05) is 24.2 Å². The summed E-state index contributed by atoms with van der Waals surface area (Å²) in [6.07, 6.45) is 3.70. The van der Waals surface area contributed by atoms with E-state index in [0.29, 0.717) is 23.9 Å². The first kappa shape index (κ1) is 14.8. The third-order valence-electron chi connectivity index (χ3n) is 3.46. The van der Waals surface area contributed by atoms with Crippen molar-refractivity contribution in [2.24, 2.45) is 0 Å². The van der Waals surface area contributed by atoms with E-state index in [1.165, 1.54) is 17.1 Å². The molecule has 0 saturated carbocycles. The fourth-order valence-corrected chi connectivity index (χ4v) is 3.35. The monoisotopic (exact) mass is 326 g/mol. The second kappa shape index (κ2) is 6.73. The van der Waals surface area contributed by atoms with Crippen molar-refractivity contribution in [2.75, 3.05) is 18.1 Å². The predicted octanol–water partition coefficient (Wildman–Crippen LogP) is 4.12. The van der Waals surface area contributed by atoms with Crippen LogP contribution in [0.3, 0.4) is 0 Å². The van der Waals surface area contributed by atoms with Crippen LogP contribution < -0.4 is 4.90 Å². The molecule has 2 aromatic heterocycles. The van der Waals surface area contributed by atoms with Crippen LogP contribution in [0.4, 0.5) is 10.2 Å². The second-order valence-electron chi connectivity index (χ2n) is 5.05. The number of pyridine rings is 1. The van der Waals surface area contributed by atoms with Crippen LogP contribution in [0.15, 0.2) is 29.8 Å². The zero-order valence-electron chi connectivity index (χ0n) is 11.5. The Morgan fingerprint density at radius 2 is 2.43 bits per heavy atom. The van der Waals surface area contributed by atoms with E-state index in [1.54, 1.807) is 11.3 Å². The molecule has 1 aliphatic heterocycles. The van der Waals surface area contributed by atoms with Crippen molar-refractivity contribution in [3.05, 3.63) is 45.5 Å². The van der Waals surface area contributed by atoms with Gasteiger partial charge in [0.05, 0.1) is 17.7 Å². The quantitative estimate of drug-likeness (QED) is 0.826. The molecular weight excluding hydrogens is 311 g/mol. The lowest BCUT2D eigenvalue weighted by molar-refractivity contribution is 0.115. The number of ether oxygens (including phenoxy) is 1. The largest absolute Gasteiger partial charge is 0.376 e. The molecule has 1 unspecified atom stereocenters. The molecule has 3 heterocycles. The van der Waals surface area contributed by atoms with Gasteiger partial charge in [-0.25, -0.2) is 9.37 Å². The Hall–Kier alpha value is -1.17. The van der Waals surface area contributed by atoms with Gasteiger partial charge in [-0.3, -0.25) is 0 Å². The van der Waals surface area contributed by atoms with Crippen LogP contribution in [0, 0.1) is 5.82 Å². The Kier molecular flexibility index (Phi) is 4.73. The summed E-state index contributed by atoms with van der Waals surface area (Å²) in [6, 6.07) is 5.34. The molecule has 0 radical (unpaired) electrons. The summed E-state index contributed by atoms with van der Waals surface area (Å²) in [5.74, 6) is -0.0552. The van der Waals surface area contributed by atoms with Crippen LogP contribution in [-0.4, -0.2) is 24.2 Å². The molecule has 0 amide bonds. The lowest BCUT2D eigenvalue weighted by Crippen LogP contribution is -2.32. The van der Waals surface area contributed by atoms with Gasteiger partial charge in [-0.2, -0.15) is 0 Å². The van der Waals surface area contributed by atoms with E-state index >= 15 is 0 Å². The average molecular weight is 327 g/mol. The highest BCUT2D eigenvalue weighted by molar-refractivity contribution is 7.09. The van der Waals surface area contributed by atoms with Gasteiger partial charge in [-0.15, -0.1) is 11.3 Å². The van der Waals surface area contributed by atoms with Crippen molar-refractivity contribution in [1.29, 1.82) is 0 Å². The lowest BCUT2D eigenvalue weighted by Gasteiger charge is -2.26. The number of hydrogen-bond acceptors (Lipinski definition) is 4. The Balaban J connectivity index is 1.82. The van der Waals surface area contributed by atoms with Gasteiger partial charge in [-0.1, -0.05) is 17.7 Å². The van der Waals surface area contributed by atoms with Crippen molar-refractivity contribution in [3.8, 4) is 0 Å². The number of thiophene rings is 1. The zero-order valence-corrected chi connectivity index (χ0v) is 13.0. The summed E-state index contributed by atoms with van der Waals surface area (Å²) in [7, 11) is 0. The molecule has 21 heavy (non-hydrogen) atoms. The number of hydrogen-bond donors (Lipinski definition) is 0. The van der Waals surface area contributed by atoms with Crippen LogP contribution >= 0.6 is 22.9 Å². The Morgan fingerprint density at radius 1 is 1.52 bits per heavy atom. The molecule has 0 bridgehead atoms. The zero-order chi connectivity index (χ0) is 14.7. The van der Waals surface area contributed by atoms with Gasteiger partial charge in [0.15, 0.2) is 11.6 Å². The van der Waals surface area contributed by atoms with Crippen LogP contribution in [-0.2, 0) is 11.3 Å². The molecule has 3 nitrogen and oxygen atoms in total. The molecule has 2 aromatic rings. The maximum absolute atomic E-state index is 14.2. The Morgan fingerprint density at radius 3 is 3.10 bits per heavy atom. The first-order valence-electron chi connectivity index (χ1n) is 6.92. The molecule has 3 rings (SSSR count). The van der Waals surface area contributed by atoms with E-state index in [9.17, 15) is 4.39 Å². The molecular formula is C15H16ClFN2OS. The van der Waals surface area contributed by atoms with Gasteiger partial charge >= 0.3 is 0 Å². The fourth-order valence-electron chi connectivity index (χ4n) is 2.49. The van der Waals surface area contributed by atoms with Crippen molar-refractivity contribution in [2.45, 2.75) is 25.5 Å². The van der Waals surface area contributed by atoms with Gasteiger partial charge in [0.2, 0.25) is 0 Å². The molecule has 1 atom stereocenters. The Labute approximate surface area is 132 Å². The maximum Gasteiger partial charge on any atom is 0.167 e. The normalized spacial score (nSPS) is 18.1. The van der Waals surface area contributed by atoms with Crippen LogP contribution in [0.5, 0.6) is 0 Å². The number of aromatic nitrogens is 1. The molecule has 1 aliphatic rings. The topological polar surface area (TPSA) is 25.4 Å². The Bertz CT molecular complexity index is 587. The van der Waals surface area contributed by atoms with E-state index in [-0.39, 0.29) is 6.10 Å². The smallest absolute Gasteiger partial charge is 0.167 e. The maximum atomic E-state index is 14.2. The van der Waals surface area contributed by atoms with E-state index in [2.05, 4.69) is 4.98 Å². The molecule has 0 aliphatic carbocycles. The van der Waals surface area contributed by atoms with Gasteiger partial charge in [0.25, 0.3) is 0 Å². The third kappa shape index (κ3) is 3.73. The second-order valence-corrected chi connectivity index (χ2v) is 6.52. The molecule has 0 N–H and O–H groups in total. The summed E-state index contributed by atoms with van der Waals surface area (Å²) in [5.41, 5.74) is 0. The SMILES string of the molecule is Fc1cc(Cl)cnc1N(Cc1cccs1)CC1CCCO1. The van der Waals surface area contributed by atoms with Crippen LogP contribution in [0.2, 0.25) is 5.02 Å². The van der Waals surface area contributed by atoms with Crippen molar-refractivity contribution in [3.63, 3.8) is 0 Å². The number of anilines is 1. The average Bonchev–Trinajstić information content (AvgIpc) is 3.11. The number of rotatable bonds is 5. The van der Waals surface area contributed by atoms with E-state index in [0.717, 1.165) is 19.4 Å². The minimum Gasteiger partial charge on any atom is -0.376 e. The highest BCUT2D eigenvalue weighted by Gasteiger charge is 2.22. The summed E-state index contributed by atoms with van der Waals surface area (Å²) in [4.78, 5) is 7.28. The number of nitrogens with zero attached hydrogens (tertiary/aromatic N) is 2. The highest BCUT2D eigenvalue weighted by atomic mass is 35.5. The molecule has 1 fully saturated rings. The molecule has 0 aromatic carbocycles. The minimum atomic E-state index is -0.392. The molecule has 6 heteroatoms. The van der Waals surface area contributed by atoms with Gasteiger partial charge in [-0.05, 0) is 30.4 Å². The standard InChI is InChI=1S/C15H16ClFN2OS/c16-11-7-14(17)15(18-8-11)19(9-12-3-1-5-20-12)10-13-4-2-6-21-13/h2,4,6-8,12H,1,3,5,9-10H2. The van der Waals surface area contributed by atoms with Crippen LogP contribution in [0.25, 0.3) is 0 Å². The first-order chi connectivity index (χ1) is 10.2. The molecule has 1 saturated heterocycles. The first-order valence-corrected chi connectivity index (χ1v) is 8.18. The molecule has 112 valence electrons. The van der Waals surface area contributed by atoms with E-state index < -0.39 is 5.82 Å². The fraction of sp³-hybridized carbons (Fsp3) is 0.400. The molecule has 0 spiro atoms. The number of halogens is 2. The summed E-state index contributed by atoms with van der Waals surface area (Å²) in [6.45, 7) is 2.06. The third-order valence-corrected chi connectivity index (χ3v) is 4.53. The van der Waals surface area contributed by atoms with E-state index in [1.807, 2.05) is 22.4 Å². The van der Waals surface area contributed by atoms with Gasteiger partial charge in [0.1, 0.15) is 0 Å².